The molecule has 0 bridgehead atoms. The maximum atomic E-state index is 13.2. The van der Waals surface area contributed by atoms with E-state index >= 15 is 0 Å². The third-order valence-corrected chi connectivity index (χ3v) is 6.68. The highest BCUT2D eigenvalue weighted by Crippen LogP contribution is 2.36. The number of hydroxylamine groups is 1. The van der Waals surface area contributed by atoms with E-state index in [1.807, 2.05) is 26.0 Å². The highest BCUT2D eigenvalue weighted by Gasteiger charge is 2.28. The summed E-state index contributed by atoms with van der Waals surface area (Å²) in [5.41, 5.74) is 4.77. The van der Waals surface area contributed by atoms with Gasteiger partial charge in [0.25, 0.3) is 5.91 Å². The number of amides is 3. The molecule has 1 aliphatic heterocycles. The van der Waals surface area contributed by atoms with Gasteiger partial charge in [-0.25, -0.2) is 5.48 Å². The zero-order chi connectivity index (χ0) is 26.9. The number of unbranched alkanes of at least 4 members (excludes halogenated alkanes) is 5. The van der Waals surface area contributed by atoms with Gasteiger partial charge in [0.2, 0.25) is 11.8 Å². The Morgan fingerprint density at radius 1 is 0.892 bits per heavy atom. The van der Waals surface area contributed by atoms with Crippen LogP contribution in [0.4, 0.5) is 11.4 Å². The van der Waals surface area contributed by atoms with Gasteiger partial charge in [0.1, 0.15) is 11.5 Å². The molecule has 3 amide bonds. The van der Waals surface area contributed by atoms with Gasteiger partial charge in [-0.2, -0.15) is 0 Å². The molecule has 1 heterocycles. The largest absolute Gasteiger partial charge is 0.508 e. The van der Waals surface area contributed by atoms with Crippen molar-refractivity contribution in [3.05, 3.63) is 47.0 Å². The summed E-state index contributed by atoms with van der Waals surface area (Å²) >= 11 is 0. The van der Waals surface area contributed by atoms with Gasteiger partial charge >= 0.3 is 0 Å². The lowest BCUT2D eigenvalue weighted by Crippen LogP contribution is -2.29. The zero-order valence-electron chi connectivity index (χ0n) is 21.5. The Morgan fingerprint density at radius 3 is 2.19 bits per heavy atom. The molecule has 2 aromatic carbocycles. The van der Waals surface area contributed by atoms with Crippen LogP contribution in [0.2, 0.25) is 0 Å². The summed E-state index contributed by atoms with van der Waals surface area (Å²) in [4.78, 5) is 38.2. The molecule has 0 fully saturated rings. The number of hydrogen-bond acceptors (Lipinski definition) is 6. The molecule has 0 atom stereocenters. The van der Waals surface area contributed by atoms with E-state index < -0.39 is 0 Å². The predicted octanol–water partition coefficient (Wildman–Crippen LogP) is 4.99. The van der Waals surface area contributed by atoms with E-state index in [1.165, 1.54) is 6.07 Å². The second-order valence-corrected chi connectivity index (χ2v) is 9.84. The number of aromatic hydroxyl groups is 2. The first kappa shape index (κ1) is 28.0. The van der Waals surface area contributed by atoms with E-state index in [-0.39, 0.29) is 40.7 Å². The van der Waals surface area contributed by atoms with Gasteiger partial charge in [-0.3, -0.25) is 19.6 Å². The number of nitrogens with zero attached hydrogens (tertiary/aromatic N) is 1. The summed E-state index contributed by atoms with van der Waals surface area (Å²) < 4.78 is 0. The van der Waals surface area contributed by atoms with Crippen molar-refractivity contribution in [2.75, 3.05) is 16.8 Å². The first-order valence-electron chi connectivity index (χ1n) is 12.9. The Balaban J connectivity index is 1.50. The number of benzene rings is 2. The van der Waals surface area contributed by atoms with Gasteiger partial charge in [-0.05, 0) is 60.6 Å². The van der Waals surface area contributed by atoms with Crippen molar-refractivity contribution >= 4 is 29.1 Å². The minimum absolute atomic E-state index is 0.00344. The van der Waals surface area contributed by atoms with E-state index in [9.17, 15) is 24.6 Å². The van der Waals surface area contributed by atoms with Gasteiger partial charge in [0.05, 0.1) is 5.56 Å². The second-order valence-electron chi connectivity index (χ2n) is 9.84. The molecular weight excluding hydrogens is 474 g/mol. The topological polar surface area (TPSA) is 139 Å². The van der Waals surface area contributed by atoms with Crippen molar-refractivity contribution in [2.45, 2.75) is 77.6 Å². The Morgan fingerprint density at radius 2 is 1.54 bits per heavy atom. The average Bonchev–Trinajstić information content (AvgIpc) is 3.28. The molecule has 200 valence electrons. The van der Waals surface area contributed by atoms with Crippen molar-refractivity contribution in [3.63, 3.8) is 0 Å². The van der Waals surface area contributed by atoms with Crippen LogP contribution in [0.1, 0.15) is 92.6 Å². The quantitative estimate of drug-likeness (QED) is 0.155. The lowest BCUT2D eigenvalue weighted by Gasteiger charge is -2.20. The number of rotatable bonds is 12. The van der Waals surface area contributed by atoms with Gasteiger partial charge in [0.15, 0.2) is 0 Å². The fourth-order valence-electron chi connectivity index (χ4n) is 4.62. The van der Waals surface area contributed by atoms with E-state index in [1.54, 1.807) is 22.5 Å². The lowest BCUT2D eigenvalue weighted by atomic mass is 9.98. The molecule has 0 aliphatic carbocycles. The molecule has 0 radical (unpaired) electrons. The number of carbonyl (C=O) groups is 3. The molecule has 37 heavy (non-hydrogen) atoms. The Bertz CT molecular complexity index is 1130. The predicted molar refractivity (Wildman–Crippen MR) is 141 cm³/mol. The summed E-state index contributed by atoms with van der Waals surface area (Å²) in [6, 6.07) is 8.26. The van der Waals surface area contributed by atoms with E-state index in [4.69, 9.17) is 5.21 Å². The van der Waals surface area contributed by atoms with Crippen LogP contribution < -0.4 is 15.7 Å². The summed E-state index contributed by atoms with van der Waals surface area (Å²) in [7, 11) is 0. The van der Waals surface area contributed by atoms with Crippen LogP contribution in [0.3, 0.4) is 0 Å². The van der Waals surface area contributed by atoms with Crippen LogP contribution in [0, 0.1) is 0 Å². The number of hydrogen-bond donors (Lipinski definition) is 5. The smallest absolute Gasteiger partial charge is 0.262 e. The standard InChI is InChI=1S/C28H37N3O6/c1-18(2)21-16-22(25(33)17-24(21)32)28(36)31-14-13-19-15-20(11-12-23(19)31)29-26(34)9-7-5-3-4-6-8-10-27(35)30-37/h11-12,15-18,32-33,37H,3-10,13-14H2,1-2H3,(H,29,34)(H,30,35). The fourth-order valence-corrected chi connectivity index (χ4v) is 4.62. The van der Waals surface area contributed by atoms with Gasteiger partial charge < -0.3 is 20.4 Å². The van der Waals surface area contributed by atoms with E-state index in [0.29, 0.717) is 37.1 Å². The molecule has 0 saturated heterocycles. The molecule has 9 nitrogen and oxygen atoms in total. The number of phenols is 2. The van der Waals surface area contributed by atoms with Crippen LogP contribution in [0.25, 0.3) is 0 Å². The van der Waals surface area contributed by atoms with Crippen molar-refractivity contribution in [1.82, 2.24) is 5.48 Å². The molecule has 0 aromatic heterocycles. The van der Waals surface area contributed by atoms with Crippen LogP contribution in [0.15, 0.2) is 30.3 Å². The number of anilines is 2. The molecule has 1 aliphatic rings. The highest BCUT2D eigenvalue weighted by atomic mass is 16.5. The van der Waals surface area contributed by atoms with Gasteiger partial charge in [0, 0.05) is 36.8 Å². The van der Waals surface area contributed by atoms with E-state index in [2.05, 4.69) is 5.32 Å². The molecule has 0 unspecified atom stereocenters. The first-order valence-corrected chi connectivity index (χ1v) is 12.9. The van der Waals surface area contributed by atoms with Crippen LogP contribution in [-0.2, 0) is 16.0 Å². The highest BCUT2D eigenvalue weighted by molar-refractivity contribution is 6.09. The second kappa shape index (κ2) is 13.1. The maximum absolute atomic E-state index is 13.2. The molecule has 2 aromatic rings. The zero-order valence-corrected chi connectivity index (χ0v) is 21.5. The average molecular weight is 512 g/mol. The van der Waals surface area contributed by atoms with Gasteiger partial charge in [-0.15, -0.1) is 0 Å². The van der Waals surface area contributed by atoms with Crippen LogP contribution in [-0.4, -0.2) is 39.7 Å². The van der Waals surface area contributed by atoms with Gasteiger partial charge in [-0.1, -0.05) is 39.5 Å². The third kappa shape index (κ3) is 7.45. The van der Waals surface area contributed by atoms with Crippen LogP contribution in [0.5, 0.6) is 11.5 Å². The molecule has 9 heteroatoms. The Hall–Kier alpha value is -3.59. The number of nitrogens with one attached hydrogen (secondary N) is 2. The third-order valence-electron chi connectivity index (χ3n) is 6.68. The molecule has 0 spiro atoms. The summed E-state index contributed by atoms with van der Waals surface area (Å²) in [6.45, 7) is 4.28. The number of fused-ring (bicyclic) bond motifs is 1. The van der Waals surface area contributed by atoms with Crippen molar-refractivity contribution in [1.29, 1.82) is 0 Å². The normalized spacial score (nSPS) is 12.5. The fraction of sp³-hybridized carbons (Fsp3) is 0.464. The van der Waals surface area contributed by atoms with Crippen molar-refractivity contribution in [2.24, 2.45) is 0 Å². The summed E-state index contributed by atoms with van der Waals surface area (Å²) in [5, 5.41) is 31.8. The molecule has 3 rings (SSSR count). The van der Waals surface area contributed by atoms with Crippen LogP contribution >= 0.6 is 0 Å². The maximum Gasteiger partial charge on any atom is 0.262 e. The Labute approximate surface area is 217 Å². The Kier molecular flexibility index (Phi) is 9.91. The molecular formula is C28H37N3O6. The minimum Gasteiger partial charge on any atom is -0.508 e. The molecule has 5 N–H and O–H groups in total. The minimum atomic E-state index is -0.362. The number of carbonyl (C=O) groups excluding carboxylic acids is 3. The number of phenolic OH excluding ortho intramolecular Hbond substituents is 2. The SMILES string of the molecule is CC(C)c1cc(C(=O)N2CCc3cc(NC(=O)CCCCCCCCC(=O)NO)ccc32)c(O)cc1O. The van der Waals surface area contributed by atoms with E-state index in [0.717, 1.165) is 49.8 Å². The first-order chi connectivity index (χ1) is 17.7. The summed E-state index contributed by atoms with van der Waals surface area (Å²) in [6.07, 6.45) is 6.74. The van der Waals surface area contributed by atoms with Crippen molar-refractivity contribution in [3.8, 4) is 11.5 Å². The lowest BCUT2D eigenvalue weighted by molar-refractivity contribution is -0.129. The summed E-state index contributed by atoms with van der Waals surface area (Å²) in [5.74, 6) is -1.03. The monoisotopic (exact) mass is 511 g/mol. The van der Waals surface area contributed by atoms with Crippen molar-refractivity contribution < 1.29 is 29.8 Å². The molecule has 0 saturated carbocycles.